The van der Waals surface area contributed by atoms with E-state index in [4.69, 9.17) is 9.47 Å². The minimum atomic E-state index is -0.00447. The second kappa shape index (κ2) is 9.26. The summed E-state index contributed by atoms with van der Waals surface area (Å²) in [5, 5.41) is 2.99. The van der Waals surface area contributed by atoms with Gasteiger partial charge in [0.2, 0.25) is 0 Å². The van der Waals surface area contributed by atoms with Crippen molar-refractivity contribution in [3.05, 3.63) is 53.9 Å². The summed E-state index contributed by atoms with van der Waals surface area (Å²) in [5.74, 6) is 1.91. The summed E-state index contributed by atoms with van der Waals surface area (Å²) in [6.07, 6.45) is 5.29. The number of methoxy groups -OCH3 is 1. The van der Waals surface area contributed by atoms with Crippen molar-refractivity contribution < 1.29 is 14.3 Å². The standard InChI is InChI=1S/C21H27N3O3/c1-3-12-27-19-5-4-16(13-20(19)26-2)6-11-23-21(25)24-14-18(15-24)17-7-9-22-10-8-17/h4-5,7-10,13,18H,3,6,11-12,14-15H2,1-2H3,(H,23,25). The number of rotatable bonds is 8. The van der Waals surface area contributed by atoms with Crippen LogP contribution in [0, 0.1) is 0 Å². The summed E-state index contributed by atoms with van der Waals surface area (Å²) >= 11 is 0. The van der Waals surface area contributed by atoms with E-state index in [1.165, 1.54) is 5.56 Å². The molecular weight excluding hydrogens is 342 g/mol. The van der Waals surface area contributed by atoms with Gasteiger partial charge in [-0.1, -0.05) is 13.0 Å². The van der Waals surface area contributed by atoms with E-state index in [0.717, 1.165) is 43.0 Å². The van der Waals surface area contributed by atoms with Crippen molar-refractivity contribution >= 4 is 6.03 Å². The quantitative estimate of drug-likeness (QED) is 0.776. The highest BCUT2D eigenvalue weighted by atomic mass is 16.5. The third-order valence-electron chi connectivity index (χ3n) is 4.73. The van der Waals surface area contributed by atoms with Crippen molar-refractivity contribution in [1.82, 2.24) is 15.2 Å². The molecule has 0 saturated carbocycles. The Bertz CT molecular complexity index is 746. The van der Waals surface area contributed by atoms with E-state index in [0.29, 0.717) is 19.1 Å². The first-order valence-corrected chi connectivity index (χ1v) is 9.43. The molecule has 1 saturated heterocycles. The fourth-order valence-corrected chi connectivity index (χ4v) is 3.12. The van der Waals surface area contributed by atoms with Gasteiger partial charge >= 0.3 is 6.03 Å². The Labute approximate surface area is 160 Å². The zero-order chi connectivity index (χ0) is 19.1. The van der Waals surface area contributed by atoms with Crippen LogP contribution in [0.4, 0.5) is 4.79 Å². The lowest BCUT2D eigenvalue weighted by molar-refractivity contribution is 0.151. The van der Waals surface area contributed by atoms with Crippen molar-refractivity contribution in [2.45, 2.75) is 25.7 Å². The molecule has 2 heterocycles. The van der Waals surface area contributed by atoms with Gasteiger partial charge in [-0.3, -0.25) is 4.98 Å². The molecule has 1 aromatic heterocycles. The predicted octanol–water partition coefficient (Wildman–Crippen LogP) is 3.23. The van der Waals surface area contributed by atoms with Gasteiger partial charge in [0.15, 0.2) is 11.5 Å². The topological polar surface area (TPSA) is 63.7 Å². The average molecular weight is 369 g/mol. The molecule has 1 aliphatic rings. The number of benzene rings is 1. The largest absolute Gasteiger partial charge is 0.493 e. The molecule has 2 amide bonds. The minimum Gasteiger partial charge on any atom is -0.493 e. The van der Waals surface area contributed by atoms with Crippen LogP contribution in [0.2, 0.25) is 0 Å². The Kier molecular flexibility index (Phi) is 6.52. The van der Waals surface area contributed by atoms with Crippen molar-refractivity contribution in [2.24, 2.45) is 0 Å². The van der Waals surface area contributed by atoms with E-state index in [9.17, 15) is 4.79 Å². The molecule has 0 bridgehead atoms. The lowest BCUT2D eigenvalue weighted by Crippen LogP contribution is -2.52. The normalized spacial score (nSPS) is 13.8. The van der Waals surface area contributed by atoms with Gasteiger partial charge in [-0.05, 0) is 48.2 Å². The van der Waals surface area contributed by atoms with E-state index in [2.05, 4.69) is 17.2 Å². The molecule has 1 aromatic carbocycles. The average Bonchev–Trinajstić information content (AvgIpc) is 2.66. The Morgan fingerprint density at radius 1 is 1.22 bits per heavy atom. The smallest absolute Gasteiger partial charge is 0.317 e. The molecule has 0 spiro atoms. The van der Waals surface area contributed by atoms with Gasteiger partial charge in [-0.25, -0.2) is 4.79 Å². The molecule has 144 valence electrons. The van der Waals surface area contributed by atoms with Crippen LogP contribution >= 0.6 is 0 Å². The number of nitrogens with one attached hydrogen (secondary N) is 1. The predicted molar refractivity (Wildman–Crippen MR) is 104 cm³/mol. The van der Waals surface area contributed by atoms with E-state index in [1.807, 2.05) is 35.2 Å². The Balaban J connectivity index is 1.43. The van der Waals surface area contributed by atoms with E-state index in [-0.39, 0.29) is 6.03 Å². The Morgan fingerprint density at radius 3 is 2.70 bits per heavy atom. The molecule has 1 N–H and O–H groups in total. The summed E-state index contributed by atoms with van der Waals surface area (Å²) in [5.41, 5.74) is 2.35. The number of carbonyl (C=O) groups is 1. The molecule has 0 unspecified atom stereocenters. The van der Waals surface area contributed by atoms with Gasteiger partial charge < -0.3 is 19.7 Å². The maximum Gasteiger partial charge on any atom is 0.317 e. The van der Waals surface area contributed by atoms with Gasteiger partial charge in [0.25, 0.3) is 0 Å². The van der Waals surface area contributed by atoms with Gasteiger partial charge in [0, 0.05) is 37.9 Å². The van der Waals surface area contributed by atoms with Gasteiger partial charge in [-0.15, -0.1) is 0 Å². The fourth-order valence-electron chi connectivity index (χ4n) is 3.12. The van der Waals surface area contributed by atoms with E-state index >= 15 is 0 Å². The molecule has 0 radical (unpaired) electrons. The number of ether oxygens (including phenoxy) is 2. The van der Waals surface area contributed by atoms with Crippen LogP contribution in [0.5, 0.6) is 11.5 Å². The number of likely N-dealkylation sites (tertiary alicyclic amines) is 1. The lowest BCUT2D eigenvalue weighted by atomic mass is 9.93. The number of nitrogens with zero attached hydrogens (tertiary/aromatic N) is 2. The monoisotopic (exact) mass is 369 g/mol. The molecule has 1 fully saturated rings. The minimum absolute atomic E-state index is 0.00447. The molecule has 2 aromatic rings. The van der Waals surface area contributed by atoms with Crippen molar-refractivity contribution in [2.75, 3.05) is 33.4 Å². The zero-order valence-electron chi connectivity index (χ0n) is 16.0. The number of hydrogen-bond acceptors (Lipinski definition) is 4. The van der Waals surface area contributed by atoms with Crippen LogP contribution in [-0.2, 0) is 6.42 Å². The first-order chi connectivity index (χ1) is 13.2. The number of amides is 2. The summed E-state index contributed by atoms with van der Waals surface area (Å²) in [4.78, 5) is 18.1. The molecule has 27 heavy (non-hydrogen) atoms. The number of hydrogen-bond donors (Lipinski definition) is 1. The summed E-state index contributed by atoms with van der Waals surface area (Å²) < 4.78 is 11.1. The molecule has 0 aliphatic carbocycles. The molecule has 6 heteroatoms. The first kappa shape index (κ1) is 19.0. The first-order valence-electron chi connectivity index (χ1n) is 9.43. The van der Waals surface area contributed by atoms with Crippen LogP contribution < -0.4 is 14.8 Å². The molecular formula is C21H27N3O3. The van der Waals surface area contributed by atoms with Crippen molar-refractivity contribution in [1.29, 1.82) is 0 Å². The van der Waals surface area contributed by atoms with Crippen LogP contribution in [-0.4, -0.2) is 49.3 Å². The number of pyridine rings is 1. The SMILES string of the molecule is CCCOc1ccc(CCNC(=O)N2CC(c3ccncc3)C2)cc1OC. The van der Waals surface area contributed by atoms with Crippen LogP contribution in [0.3, 0.4) is 0 Å². The maximum absolute atomic E-state index is 12.2. The molecule has 1 aliphatic heterocycles. The maximum atomic E-state index is 12.2. The van der Waals surface area contributed by atoms with Crippen LogP contribution in [0.1, 0.15) is 30.4 Å². The van der Waals surface area contributed by atoms with Gasteiger partial charge in [0.1, 0.15) is 0 Å². The van der Waals surface area contributed by atoms with Crippen molar-refractivity contribution in [3.8, 4) is 11.5 Å². The Hall–Kier alpha value is -2.76. The third-order valence-corrected chi connectivity index (χ3v) is 4.73. The Morgan fingerprint density at radius 2 is 2.00 bits per heavy atom. The zero-order valence-corrected chi connectivity index (χ0v) is 16.0. The highest BCUT2D eigenvalue weighted by Crippen LogP contribution is 2.28. The molecule has 0 atom stereocenters. The van der Waals surface area contributed by atoms with Crippen LogP contribution in [0.25, 0.3) is 0 Å². The second-order valence-corrected chi connectivity index (χ2v) is 6.70. The molecule has 3 rings (SSSR count). The number of urea groups is 1. The number of aromatic nitrogens is 1. The van der Waals surface area contributed by atoms with Crippen LogP contribution in [0.15, 0.2) is 42.7 Å². The second-order valence-electron chi connectivity index (χ2n) is 6.70. The van der Waals surface area contributed by atoms with E-state index < -0.39 is 0 Å². The third kappa shape index (κ3) is 4.90. The summed E-state index contributed by atoms with van der Waals surface area (Å²) in [7, 11) is 1.64. The highest BCUT2D eigenvalue weighted by Gasteiger charge is 2.31. The summed E-state index contributed by atoms with van der Waals surface area (Å²) in [6.45, 7) is 4.84. The van der Waals surface area contributed by atoms with Gasteiger partial charge in [0.05, 0.1) is 13.7 Å². The lowest BCUT2D eigenvalue weighted by Gasteiger charge is -2.39. The van der Waals surface area contributed by atoms with Crippen molar-refractivity contribution in [3.63, 3.8) is 0 Å². The summed E-state index contributed by atoms with van der Waals surface area (Å²) in [6, 6.07) is 9.95. The van der Waals surface area contributed by atoms with E-state index in [1.54, 1.807) is 19.5 Å². The highest BCUT2D eigenvalue weighted by molar-refractivity contribution is 5.75. The van der Waals surface area contributed by atoms with Gasteiger partial charge in [-0.2, -0.15) is 0 Å². The number of carbonyl (C=O) groups excluding carboxylic acids is 1. The fraction of sp³-hybridized carbons (Fsp3) is 0.429. The molecule has 6 nitrogen and oxygen atoms in total.